The first-order valence-corrected chi connectivity index (χ1v) is 7.70. The number of rotatable bonds is 8. The molecule has 0 saturated carbocycles. The molecule has 1 rings (SSSR count). The van der Waals surface area contributed by atoms with Crippen LogP contribution in [0.15, 0.2) is 35.3 Å². The second kappa shape index (κ2) is 10.2. The topological polar surface area (TPSA) is 36.9 Å². The summed E-state index contributed by atoms with van der Waals surface area (Å²) in [7, 11) is 4.03. The Morgan fingerprint density at radius 1 is 1.19 bits per heavy atom. The van der Waals surface area contributed by atoms with Crippen LogP contribution in [-0.4, -0.2) is 44.2 Å². The third-order valence-electron chi connectivity index (χ3n) is 2.98. The van der Waals surface area contributed by atoms with Crippen molar-refractivity contribution in [1.29, 1.82) is 0 Å². The van der Waals surface area contributed by atoms with E-state index in [-0.39, 0.29) is 0 Å². The normalized spacial score (nSPS) is 11.8. The van der Waals surface area contributed by atoms with Gasteiger partial charge >= 0.3 is 0 Å². The Kier molecular flexibility index (Phi) is 8.51. The monoisotopic (exact) mass is 291 g/mol. The van der Waals surface area contributed by atoms with Crippen LogP contribution in [0.4, 0.5) is 0 Å². The van der Waals surface area contributed by atoms with Crippen molar-refractivity contribution in [3.8, 4) is 0 Å². The SMILES string of the molecule is CC(C)OCCCCNC(=NCc1ccccc1)N(C)C. The number of benzene rings is 1. The first kappa shape index (κ1) is 17.5. The molecule has 0 aliphatic heterocycles. The molecule has 0 spiro atoms. The fourth-order valence-corrected chi connectivity index (χ4v) is 1.85. The summed E-state index contributed by atoms with van der Waals surface area (Å²) in [6, 6.07) is 10.3. The number of unbranched alkanes of at least 4 members (excludes halogenated alkanes) is 1. The number of hydrogen-bond donors (Lipinski definition) is 1. The van der Waals surface area contributed by atoms with Crippen molar-refractivity contribution in [1.82, 2.24) is 10.2 Å². The Bertz CT molecular complexity index is 402. The molecule has 4 nitrogen and oxygen atoms in total. The average Bonchev–Trinajstić information content (AvgIpc) is 2.46. The second-order valence-corrected chi connectivity index (χ2v) is 5.57. The summed E-state index contributed by atoms with van der Waals surface area (Å²) in [4.78, 5) is 6.66. The highest BCUT2D eigenvalue weighted by molar-refractivity contribution is 5.79. The number of ether oxygens (including phenoxy) is 1. The van der Waals surface area contributed by atoms with E-state index in [1.807, 2.05) is 37.2 Å². The van der Waals surface area contributed by atoms with E-state index in [0.717, 1.165) is 32.0 Å². The highest BCUT2D eigenvalue weighted by atomic mass is 16.5. The van der Waals surface area contributed by atoms with Crippen molar-refractivity contribution in [2.45, 2.75) is 39.3 Å². The average molecular weight is 291 g/mol. The van der Waals surface area contributed by atoms with Crippen molar-refractivity contribution in [3.63, 3.8) is 0 Å². The van der Waals surface area contributed by atoms with Gasteiger partial charge in [0.25, 0.3) is 0 Å². The molecular formula is C17H29N3O. The minimum atomic E-state index is 0.322. The summed E-state index contributed by atoms with van der Waals surface area (Å²) in [5.41, 5.74) is 1.23. The number of aliphatic imine (C=N–C) groups is 1. The zero-order chi connectivity index (χ0) is 15.5. The molecule has 0 fully saturated rings. The summed E-state index contributed by atoms with van der Waals surface area (Å²) in [6.45, 7) is 6.60. The van der Waals surface area contributed by atoms with Gasteiger partial charge in [-0.15, -0.1) is 0 Å². The molecule has 1 N–H and O–H groups in total. The number of nitrogens with one attached hydrogen (secondary N) is 1. The van der Waals surface area contributed by atoms with Gasteiger partial charge in [-0.05, 0) is 32.3 Å². The lowest BCUT2D eigenvalue weighted by Crippen LogP contribution is -2.37. The Labute approximate surface area is 129 Å². The van der Waals surface area contributed by atoms with E-state index in [4.69, 9.17) is 4.74 Å². The largest absolute Gasteiger partial charge is 0.379 e. The Morgan fingerprint density at radius 2 is 1.90 bits per heavy atom. The third kappa shape index (κ3) is 8.35. The zero-order valence-corrected chi connectivity index (χ0v) is 13.8. The van der Waals surface area contributed by atoms with Crippen molar-refractivity contribution in [3.05, 3.63) is 35.9 Å². The summed E-state index contributed by atoms with van der Waals surface area (Å²) in [6.07, 6.45) is 2.48. The molecule has 0 aromatic heterocycles. The number of guanidine groups is 1. The second-order valence-electron chi connectivity index (χ2n) is 5.57. The molecule has 0 saturated heterocycles. The molecule has 118 valence electrons. The molecule has 0 aliphatic rings. The predicted octanol–water partition coefficient (Wildman–Crippen LogP) is 2.90. The minimum Gasteiger partial charge on any atom is -0.379 e. The molecule has 0 atom stereocenters. The maximum atomic E-state index is 5.53. The van der Waals surface area contributed by atoms with Gasteiger partial charge in [0.15, 0.2) is 5.96 Å². The van der Waals surface area contributed by atoms with Gasteiger partial charge in [0, 0.05) is 27.2 Å². The Morgan fingerprint density at radius 3 is 2.52 bits per heavy atom. The van der Waals surface area contributed by atoms with E-state index < -0.39 is 0 Å². The zero-order valence-electron chi connectivity index (χ0n) is 13.8. The smallest absolute Gasteiger partial charge is 0.193 e. The molecule has 0 bridgehead atoms. The first-order valence-electron chi connectivity index (χ1n) is 7.70. The molecular weight excluding hydrogens is 262 g/mol. The van der Waals surface area contributed by atoms with Crippen LogP contribution >= 0.6 is 0 Å². The van der Waals surface area contributed by atoms with Crippen LogP contribution in [0.2, 0.25) is 0 Å². The van der Waals surface area contributed by atoms with Gasteiger partial charge in [-0.25, -0.2) is 4.99 Å². The fourth-order valence-electron chi connectivity index (χ4n) is 1.85. The fraction of sp³-hybridized carbons (Fsp3) is 0.588. The van der Waals surface area contributed by atoms with Crippen LogP contribution in [0.3, 0.4) is 0 Å². The molecule has 21 heavy (non-hydrogen) atoms. The van der Waals surface area contributed by atoms with Gasteiger partial charge < -0.3 is 15.0 Å². The van der Waals surface area contributed by atoms with E-state index in [0.29, 0.717) is 12.6 Å². The van der Waals surface area contributed by atoms with E-state index in [2.05, 4.69) is 36.3 Å². The van der Waals surface area contributed by atoms with Gasteiger partial charge in [0.05, 0.1) is 12.6 Å². The number of nitrogens with zero attached hydrogens (tertiary/aromatic N) is 2. The molecule has 1 aromatic carbocycles. The van der Waals surface area contributed by atoms with Crippen molar-refractivity contribution >= 4 is 5.96 Å². The van der Waals surface area contributed by atoms with Crippen molar-refractivity contribution < 1.29 is 4.74 Å². The molecule has 0 radical (unpaired) electrons. The van der Waals surface area contributed by atoms with Gasteiger partial charge in [-0.2, -0.15) is 0 Å². The van der Waals surface area contributed by atoms with Crippen molar-refractivity contribution in [2.75, 3.05) is 27.2 Å². The van der Waals surface area contributed by atoms with E-state index in [1.165, 1.54) is 5.56 Å². The lowest BCUT2D eigenvalue weighted by Gasteiger charge is -2.17. The van der Waals surface area contributed by atoms with Gasteiger partial charge in [-0.1, -0.05) is 30.3 Å². The van der Waals surface area contributed by atoms with E-state index in [9.17, 15) is 0 Å². The summed E-state index contributed by atoms with van der Waals surface area (Å²) < 4.78 is 5.53. The van der Waals surface area contributed by atoms with Crippen molar-refractivity contribution in [2.24, 2.45) is 4.99 Å². The van der Waals surface area contributed by atoms with Crippen LogP contribution in [0.5, 0.6) is 0 Å². The van der Waals surface area contributed by atoms with Crippen LogP contribution < -0.4 is 5.32 Å². The summed E-state index contributed by atoms with van der Waals surface area (Å²) in [5, 5.41) is 3.40. The standard InChI is InChI=1S/C17H29N3O/c1-15(2)21-13-9-8-12-18-17(20(3)4)19-14-16-10-6-5-7-11-16/h5-7,10-11,15H,8-9,12-14H2,1-4H3,(H,18,19). The first-order chi connectivity index (χ1) is 10.1. The van der Waals surface area contributed by atoms with Crippen LogP contribution in [-0.2, 0) is 11.3 Å². The molecule has 1 aromatic rings. The Hall–Kier alpha value is -1.55. The van der Waals surface area contributed by atoms with E-state index >= 15 is 0 Å². The highest BCUT2D eigenvalue weighted by Crippen LogP contribution is 2.01. The Balaban J connectivity index is 2.30. The molecule has 0 amide bonds. The lowest BCUT2D eigenvalue weighted by atomic mass is 10.2. The van der Waals surface area contributed by atoms with E-state index in [1.54, 1.807) is 0 Å². The minimum absolute atomic E-state index is 0.322. The van der Waals surface area contributed by atoms with Crippen LogP contribution in [0.25, 0.3) is 0 Å². The summed E-state index contributed by atoms with van der Waals surface area (Å²) in [5.74, 6) is 0.934. The molecule has 0 heterocycles. The van der Waals surface area contributed by atoms with Gasteiger partial charge in [-0.3, -0.25) is 0 Å². The third-order valence-corrected chi connectivity index (χ3v) is 2.98. The van der Waals surface area contributed by atoms with Crippen LogP contribution in [0, 0.1) is 0 Å². The molecule has 0 unspecified atom stereocenters. The maximum absolute atomic E-state index is 5.53. The lowest BCUT2D eigenvalue weighted by molar-refractivity contribution is 0.0762. The highest BCUT2D eigenvalue weighted by Gasteiger charge is 2.01. The molecule has 0 aliphatic carbocycles. The maximum Gasteiger partial charge on any atom is 0.193 e. The van der Waals surface area contributed by atoms with Gasteiger partial charge in [0.2, 0.25) is 0 Å². The number of hydrogen-bond acceptors (Lipinski definition) is 2. The quantitative estimate of drug-likeness (QED) is 0.454. The van der Waals surface area contributed by atoms with Crippen LogP contribution in [0.1, 0.15) is 32.3 Å². The summed E-state index contributed by atoms with van der Waals surface area (Å²) >= 11 is 0. The van der Waals surface area contributed by atoms with Gasteiger partial charge in [0.1, 0.15) is 0 Å². The predicted molar refractivity (Wildman–Crippen MR) is 89.6 cm³/mol. The molecule has 4 heteroatoms.